The molecule has 146 valence electrons. The van der Waals surface area contributed by atoms with Gasteiger partial charge < -0.3 is 9.30 Å². The minimum Gasteiger partial charge on any atom is -0.457 e. The highest BCUT2D eigenvalue weighted by atomic mass is 16.5. The van der Waals surface area contributed by atoms with E-state index in [4.69, 9.17) is 4.74 Å². The van der Waals surface area contributed by atoms with Gasteiger partial charge in [0.25, 0.3) is 0 Å². The molecule has 4 heteroatoms. The topological polar surface area (TPSA) is 48.3 Å². The number of hydrogen-bond acceptors (Lipinski definition) is 3. The Morgan fingerprint density at radius 2 is 1.82 bits per heavy atom. The number of benzene rings is 1. The van der Waals surface area contributed by atoms with Crippen molar-refractivity contribution in [1.29, 1.82) is 0 Å². The summed E-state index contributed by atoms with van der Waals surface area (Å²) in [6, 6.07) is 8.18. The highest BCUT2D eigenvalue weighted by Gasteiger charge is 2.40. The van der Waals surface area contributed by atoms with Gasteiger partial charge in [0.05, 0.1) is 5.92 Å². The van der Waals surface area contributed by atoms with Gasteiger partial charge in [0.15, 0.2) is 6.61 Å². The molecular formula is C24H27NO3. The van der Waals surface area contributed by atoms with Crippen molar-refractivity contribution in [3.05, 3.63) is 64.5 Å². The zero-order valence-corrected chi connectivity index (χ0v) is 17.0. The summed E-state index contributed by atoms with van der Waals surface area (Å²) in [7, 11) is 0. The van der Waals surface area contributed by atoms with Gasteiger partial charge in [0, 0.05) is 22.6 Å². The Bertz CT molecular complexity index is 982. The maximum Gasteiger partial charge on any atom is 0.310 e. The molecule has 1 aromatic heterocycles. The number of allylic oxidation sites excluding steroid dienone is 2. The quantitative estimate of drug-likeness (QED) is 0.433. The van der Waals surface area contributed by atoms with Gasteiger partial charge in [-0.1, -0.05) is 18.2 Å². The fourth-order valence-electron chi connectivity index (χ4n) is 4.68. The first-order valence-corrected chi connectivity index (χ1v) is 10.00. The number of ether oxygens (including phenoxy) is 1. The van der Waals surface area contributed by atoms with Crippen LogP contribution in [0.2, 0.25) is 0 Å². The lowest BCUT2D eigenvalue weighted by molar-refractivity contribution is -0.148. The monoisotopic (exact) mass is 377 g/mol. The van der Waals surface area contributed by atoms with Crippen LogP contribution in [-0.4, -0.2) is 22.9 Å². The molecule has 2 aliphatic rings. The summed E-state index contributed by atoms with van der Waals surface area (Å²) >= 11 is 0. The number of ketones is 1. The average molecular weight is 377 g/mol. The molecule has 2 aliphatic carbocycles. The molecule has 2 bridgehead atoms. The molecule has 0 saturated heterocycles. The van der Waals surface area contributed by atoms with Gasteiger partial charge in [-0.2, -0.15) is 0 Å². The van der Waals surface area contributed by atoms with Gasteiger partial charge in [-0.25, -0.2) is 0 Å². The summed E-state index contributed by atoms with van der Waals surface area (Å²) < 4.78 is 7.49. The van der Waals surface area contributed by atoms with Crippen molar-refractivity contribution < 1.29 is 14.3 Å². The van der Waals surface area contributed by atoms with Crippen LogP contribution in [0.1, 0.15) is 45.7 Å². The normalized spacial score (nSPS) is 22.6. The van der Waals surface area contributed by atoms with Crippen LogP contribution in [0.15, 0.2) is 36.4 Å². The smallest absolute Gasteiger partial charge is 0.310 e. The van der Waals surface area contributed by atoms with Gasteiger partial charge in [0.2, 0.25) is 5.78 Å². The number of fused-ring (bicyclic) bond motifs is 2. The van der Waals surface area contributed by atoms with E-state index in [2.05, 4.69) is 48.8 Å². The van der Waals surface area contributed by atoms with Crippen molar-refractivity contribution in [1.82, 2.24) is 4.57 Å². The summed E-state index contributed by atoms with van der Waals surface area (Å²) in [5.74, 6) is 0.353. The van der Waals surface area contributed by atoms with E-state index >= 15 is 0 Å². The molecule has 3 unspecified atom stereocenters. The van der Waals surface area contributed by atoms with Crippen LogP contribution in [0.3, 0.4) is 0 Å². The first-order valence-electron chi connectivity index (χ1n) is 10.00. The molecule has 1 fully saturated rings. The van der Waals surface area contributed by atoms with Gasteiger partial charge in [-0.15, -0.1) is 0 Å². The molecule has 0 spiro atoms. The third kappa shape index (κ3) is 3.21. The van der Waals surface area contributed by atoms with Crippen molar-refractivity contribution in [3.63, 3.8) is 0 Å². The van der Waals surface area contributed by atoms with Crippen LogP contribution in [0.25, 0.3) is 5.69 Å². The van der Waals surface area contributed by atoms with Gasteiger partial charge in [0.1, 0.15) is 0 Å². The molecule has 0 amide bonds. The van der Waals surface area contributed by atoms with E-state index in [0.717, 1.165) is 29.9 Å². The Kier molecular flexibility index (Phi) is 4.74. The molecule has 28 heavy (non-hydrogen) atoms. The third-order valence-electron chi connectivity index (χ3n) is 6.41. The Hall–Kier alpha value is -2.62. The zero-order valence-electron chi connectivity index (χ0n) is 17.0. The second-order valence-electron chi connectivity index (χ2n) is 8.31. The number of hydrogen-bond donors (Lipinski definition) is 0. The maximum atomic E-state index is 12.8. The first-order chi connectivity index (χ1) is 13.3. The van der Waals surface area contributed by atoms with E-state index in [1.807, 2.05) is 19.9 Å². The van der Waals surface area contributed by atoms with Crippen LogP contribution in [0.5, 0.6) is 0 Å². The third-order valence-corrected chi connectivity index (χ3v) is 6.41. The summed E-state index contributed by atoms with van der Waals surface area (Å²) in [4.78, 5) is 25.2. The van der Waals surface area contributed by atoms with Gasteiger partial charge in [-0.05, 0) is 81.7 Å². The highest BCUT2D eigenvalue weighted by molar-refractivity contribution is 5.99. The molecule has 2 aromatic rings. The van der Waals surface area contributed by atoms with Crippen molar-refractivity contribution >= 4 is 11.8 Å². The second kappa shape index (κ2) is 7.08. The molecule has 3 atom stereocenters. The SMILES string of the molecule is Cc1ccc(-n2c(C)cc(C(=O)COC(=O)C3CC4C=CC3C4)c2C)cc1C. The second-order valence-corrected chi connectivity index (χ2v) is 8.31. The van der Waals surface area contributed by atoms with E-state index in [1.165, 1.54) is 11.1 Å². The highest BCUT2D eigenvalue weighted by Crippen LogP contribution is 2.43. The zero-order chi connectivity index (χ0) is 20.0. The summed E-state index contributed by atoms with van der Waals surface area (Å²) in [6.07, 6.45) is 6.22. The van der Waals surface area contributed by atoms with Gasteiger partial charge in [-0.3, -0.25) is 9.59 Å². The van der Waals surface area contributed by atoms with Crippen molar-refractivity contribution in [3.8, 4) is 5.69 Å². The average Bonchev–Trinajstić information content (AvgIpc) is 3.37. The predicted molar refractivity (Wildman–Crippen MR) is 109 cm³/mol. The Balaban J connectivity index is 1.48. The van der Waals surface area contributed by atoms with Crippen LogP contribution in [0.4, 0.5) is 0 Å². The van der Waals surface area contributed by atoms with E-state index in [0.29, 0.717) is 17.4 Å². The fourth-order valence-corrected chi connectivity index (χ4v) is 4.68. The largest absolute Gasteiger partial charge is 0.457 e. The molecule has 4 rings (SSSR count). The number of aromatic nitrogens is 1. The molecule has 1 aromatic carbocycles. The minimum atomic E-state index is -0.229. The number of Topliss-reactive ketones (excluding diaryl/α,β-unsaturated/α-hetero) is 1. The van der Waals surface area contributed by atoms with Crippen molar-refractivity contribution in [2.75, 3.05) is 6.61 Å². The van der Waals surface area contributed by atoms with Crippen LogP contribution in [0, 0.1) is 45.4 Å². The Morgan fingerprint density at radius 1 is 1.04 bits per heavy atom. The first kappa shape index (κ1) is 18.7. The van der Waals surface area contributed by atoms with Gasteiger partial charge >= 0.3 is 5.97 Å². The number of aryl methyl sites for hydroxylation is 3. The van der Waals surface area contributed by atoms with E-state index in [9.17, 15) is 9.59 Å². The lowest BCUT2D eigenvalue weighted by Crippen LogP contribution is -2.24. The maximum absolute atomic E-state index is 12.8. The standard InChI is InChI=1S/C24H27NO3/c1-14-5-8-20(9-15(14)2)25-16(3)10-21(17(25)4)23(26)13-28-24(27)22-12-18-6-7-19(22)11-18/h5-10,18-19,22H,11-13H2,1-4H3. The Labute approximate surface area is 166 Å². The fraction of sp³-hybridized carbons (Fsp3) is 0.417. The van der Waals surface area contributed by atoms with Crippen LogP contribution < -0.4 is 0 Å². The molecule has 1 saturated carbocycles. The number of carbonyl (C=O) groups is 2. The van der Waals surface area contributed by atoms with Crippen molar-refractivity contribution in [2.45, 2.75) is 40.5 Å². The molecule has 4 nitrogen and oxygen atoms in total. The van der Waals surface area contributed by atoms with E-state index in [1.54, 1.807) is 0 Å². The summed E-state index contributed by atoms with van der Waals surface area (Å²) in [5, 5.41) is 0. The minimum absolute atomic E-state index is 0.0780. The molecule has 0 N–H and O–H groups in total. The Morgan fingerprint density at radius 3 is 2.46 bits per heavy atom. The number of rotatable bonds is 5. The number of esters is 1. The van der Waals surface area contributed by atoms with E-state index < -0.39 is 0 Å². The van der Waals surface area contributed by atoms with Crippen LogP contribution >= 0.6 is 0 Å². The van der Waals surface area contributed by atoms with Crippen LogP contribution in [-0.2, 0) is 9.53 Å². The molecule has 0 radical (unpaired) electrons. The lowest BCUT2D eigenvalue weighted by atomic mass is 9.94. The molecular weight excluding hydrogens is 350 g/mol. The van der Waals surface area contributed by atoms with E-state index in [-0.39, 0.29) is 24.3 Å². The molecule has 1 heterocycles. The number of carbonyl (C=O) groups excluding carboxylic acids is 2. The summed E-state index contributed by atoms with van der Waals surface area (Å²) in [6.45, 7) is 7.92. The lowest BCUT2D eigenvalue weighted by Gasteiger charge is -2.16. The summed E-state index contributed by atoms with van der Waals surface area (Å²) in [5.41, 5.74) is 5.99. The molecule has 0 aliphatic heterocycles. The number of nitrogens with zero attached hydrogens (tertiary/aromatic N) is 1. The predicted octanol–water partition coefficient (Wildman–Crippen LogP) is 4.65. The van der Waals surface area contributed by atoms with Crippen molar-refractivity contribution in [2.24, 2.45) is 17.8 Å².